The zero-order chi connectivity index (χ0) is 23.5. The number of fused-ring (bicyclic) bond motifs is 1. The van der Waals surface area contributed by atoms with Crippen molar-refractivity contribution in [2.75, 3.05) is 18.1 Å². The van der Waals surface area contributed by atoms with Gasteiger partial charge in [-0.15, -0.1) is 0 Å². The highest BCUT2D eigenvalue weighted by molar-refractivity contribution is 5.87. The Labute approximate surface area is 197 Å². The number of carbonyl (C=O) groups is 1. The molecular formula is C25H27N7O2. The lowest BCUT2D eigenvalue weighted by atomic mass is 10.1. The summed E-state index contributed by atoms with van der Waals surface area (Å²) in [6, 6.07) is 13.4. The molecule has 1 amide bonds. The molecule has 34 heavy (non-hydrogen) atoms. The molecule has 1 N–H and O–H groups in total. The van der Waals surface area contributed by atoms with E-state index in [-0.39, 0.29) is 11.9 Å². The van der Waals surface area contributed by atoms with E-state index in [0.717, 1.165) is 53.0 Å². The lowest BCUT2D eigenvalue weighted by Crippen LogP contribution is -2.44. The quantitative estimate of drug-likeness (QED) is 0.455. The van der Waals surface area contributed by atoms with Crippen molar-refractivity contribution < 1.29 is 9.53 Å². The summed E-state index contributed by atoms with van der Waals surface area (Å²) in [6.45, 7) is 5.68. The van der Waals surface area contributed by atoms with Crippen LogP contribution in [0, 0.1) is 6.92 Å². The van der Waals surface area contributed by atoms with Crippen LogP contribution >= 0.6 is 0 Å². The Balaban J connectivity index is 1.34. The van der Waals surface area contributed by atoms with Gasteiger partial charge in [-0.25, -0.2) is 19.6 Å². The third kappa shape index (κ3) is 4.28. The number of anilines is 1. The molecule has 1 saturated heterocycles. The number of benzene rings is 2. The lowest BCUT2D eigenvalue weighted by molar-refractivity contribution is -0.122. The van der Waals surface area contributed by atoms with Gasteiger partial charge in [0.1, 0.15) is 24.4 Å². The van der Waals surface area contributed by atoms with Crippen molar-refractivity contribution in [3.8, 4) is 11.4 Å². The number of hydrogen-bond acceptors (Lipinski definition) is 7. The zero-order valence-electron chi connectivity index (χ0n) is 19.3. The minimum Gasteiger partial charge on any atom is -0.494 e. The van der Waals surface area contributed by atoms with E-state index in [1.807, 2.05) is 61.2 Å². The van der Waals surface area contributed by atoms with Crippen LogP contribution in [0.2, 0.25) is 0 Å². The highest BCUT2D eigenvalue weighted by Crippen LogP contribution is 2.28. The Bertz CT molecular complexity index is 1310. The van der Waals surface area contributed by atoms with Crippen LogP contribution in [0.15, 0.2) is 55.1 Å². The van der Waals surface area contributed by atoms with Gasteiger partial charge < -0.3 is 15.0 Å². The van der Waals surface area contributed by atoms with Crippen LogP contribution < -0.4 is 15.0 Å². The molecule has 0 aliphatic carbocycles. The second-order valence-corrected chi connectivity index (χ2v) is 8.26. The Hall–Kier alpha value is -4.01. The summed E-state index contributed by atoms with van der Waals surface area (Å²) in [5.41, 5.74) is 3.57. The predicted molar refractivity (Wildman–Crippen MR) is 129 cm³/mol. The monoisotopic (exact) mass is 457 g/mol. The summed E-state index contributed by atoms with van der Waals surface area (Å²) in [7, 11) is 0. The van der Waals surface area contributed by atoms with Crippen LogP contribution in [0.3, 0.4) is 0 Å². The molecule has 5 rings (SSSR count). The van der Waals surface area contributed by atoms with Crippen LogP contribution in [0.1, 0.15) is 31.0 Å². The third-order valence-electron chi connectivity index (χ3n) is 6.08. The minimum atomic E-state index is -0.307. The van der Waals surface area contributed by atoms with Gasteiger partial charge in [0.05, 0.1) is 23.5 Å². The van der Waals surface area contributed by atoms with Crippen LogP contribution in [0.4, 0.5) is 5.95 Å². The number of aryl methyl sites for hydroxylation is 1. The summed E-state index contributed by atoms with van der Waals surface area (Å²) in [5, 5.41) is 8.27. The van der Waals surface area contributed by atoms with E-state index in [2.05, 4.69) is 15.4 Å². The van der Waals surface area contributed by atoms with Crippen molar-refractivity contribution in [1.29, 1.82) is 0 Å². The van der Waals surface area contributed by atoms with Crippen molar-refractivity contribution in [3.63, 3.8) is 0 Å². The number of para-hydroxylation sites is 1. The van der Waals surface area contributed by atoms with Gasteiger partial charge in [-0.2, -0.15) is 5.10 Å². The molecule has 0 bridgehead atoms. The van der Waals surface area contributed by atoms with Gasteiger partial charge in [-0.1, -0.05) is 18.2 Å². The molecule has 4 aromatic rings. The fraction of sp³-hybridized carbons (Fsp3) is 0.320. The fourth-order valence-electron chi connectivity index (χ4n) is 4.43. The number of ether oxygens (including phenoxy) is 1. The molecule has 1 aliphatic rings. The van der Waals surface area contributed by atoms with Gasteiger partial charge in [0.25, 0.3) is 0 Å². The minimum absolute atomic E-state index is 0.0288. The molecule has 0 unspecified atom stereocenters. The third-order valence-corrected chi connectivity index (χ3v) is 6.08. The van der Waals surface area contributed by atoms with E-state index in [0.29, 0.717) is 19.1 Å². The molecule has 0 saturated carbocycles. The maximum Gasteiger partial charge on any atom is 0.243 e. The van der Waals surface area contributed by atoms with Gasteiger partial charge in [-0.05, 0) is 56.5 Å². The van der Waals surface area contributed by atoms with Crippen LogP contribution in [0.25, 0.3) is 16.6 Å². The number of aromatic nitrogens is 5. The van der Waals surface area contributed by atoms with Gasteiger partial charge in [0, 0.05) is 18.5 Å². The molecule has 174 valence electrons. The van der Waals surface area contributed by atoms with Crippen LogP contribution in [-0.4, -0.2) is 49.8 Å². The maximum atomic E-state index is 13.2. The molecule has 2 aromatic heterocycles. The van der Waals surface area contributed by atoms with E-state index in [9.17, 15) is 4.79 Å². The molecule has 9 nitrogen and oxygen atoms in total. The summed E-state index contributed by atoms with van der Waals surface area (Å²) in [6.07, 6.45) is 4.82. The first-order chi connectivity index (χ1) is 16.6. The second-order valence-electron chi connectivity index (χ2n) is 8.26. The number of nitrogens with one attached hydrogen (secondary N) is 1. The number of hydrogen-bond donors (Lipinski definition) is 1. The summed E-state index contributed by atoms with van der Waals surface area (Å²) in [5.74, 6) is 1.37. The summed E-state index contributed by atoms with van der Waals surface area (Å²) in [4.78, 5) is 28.8. The Morgan fingerprint density at radius 2 is 2.09 bits per heavy atom. The van der Waals surface area contributed by atoms with E-state index < -0.39 is 0 Å². The first-order valence-corrected chi connectivity index (χ1v) is 11.5. The van der Waals surface area contributed by atoms with Crippen LogP contribution in [-0.2, 0) is 11.3 Å². The number of rotatable bonds is 7. The average Bonchev–Trinajstić information content (AvgIpc) is 3.56. The van der Waals surface area contributed by atoms with Gasteiger partial charge in [0.2, 0.25) is 11.9 Å². The molecule has 9 heteroatoms. The van der Waals surface area contributed by atoms with Crippen molar-refractivity contribution >= 4 is 22.8 Å². The number of carbonyl (C=O) groups excluding carboxylic acids is 1. The van der Waals surface area contributed by atoms with Crippen molar-refractivity contribution in [2.24, 2.45) is 0 Å². The highest BCUT2D eigenvalue weighted by atomic mass is 16.5. The van der Waals surface area contributed by atoms with E-state index in [1.165, 1.54) is 6.33 Å². The topological polar surface area (TPSA) is 98.1 Å². The molecule has 1 aliphatic heterocycles. The molecule has 1 fully saturated rings. The first kappa shape index (κ1) is 21.8. The van der Waals surface area contributed by atoms with Crippen molar-refractivity contribution in [3.05, 3.63) is 66.4 Å². The van der Waals surface area contributed by atoms with Crippen molar-refractivity contribution in [2.45, 2.75) is 39.3 Å². The molecule has 3 heterocycles. The Morgan fingerprint density at radius 1 is 1.21 bits per heavy atom. The molecule has 1 atom stereocenters. The first-order valence-electron chi connectivity index (χ1n) is 11.5. The number of nitrogens with zero attached hydrogens (tertiary/aromatic N) is 6. The average molecular weight is 458 g/mol. The SMILES string of the molecule is CCOc1ccc2nc(N3CCC[C@H]3C(=O)NCc3ccccc3-n3cncn3)nc(C)c2c1. The van der Waals surface area contributed by atoms with Crippen molar-refractivity contribution in [1.82, 2.24) is 30.0 Å². The molecule has 0 radical (unpaired) electrons. The van der Waals surface area contributed by atoms with Gasteiger partial charge in [0.15, 0.2) is 0 Å². The van der Waals surface area contributed by atoms with Gasteiger partial charge >= 0.3 is 0 Å². The van der Waals surface area contributed by atoms with Crippen LogP contribution in [0.5, 0.6) is 5.75 Å². The number of amides is 1. The highest BCUT2D eigenvalue weighted by Gasteiger charge is 2.32. The molecule has 0 spiro atoms. The van der Waals surface area contributed by atoms with E-state index in [4.69, 9.17) is 14.7 Å². The molecular weight excluding hydrogens is 430 g/mol. The predicted octanol–water partition coefficient (Wildman–Crippen LogP) is 3.20. The largest absolute Gasteiger partial charge is 0.494 e. The fourth-order valence-corrected chi connectivity index (χ4v) is 4.43. The maximum absolute atomic E-state index is 13.2. The van der Waals surface area contributed by atoms with E-state index in [1.54, 1.807) is 11.0 Å². The lowest BCUT2D eigenvalue weighted by Gasteiger charge is -2.24. The zero-order valence-corrected chi connectivity index (χ0v) is 19.3. The standard InChI is InChI=1S/C25H27N7O2/c1-3-34-19-10-11-21-20(13-19)17(2)29-25(30-21)31-12-6-9-23(31)24(33)27-14-18-7-4-5-8-22(18)32-16-26-15-28-32/h4-5,7-8,10-11,13,15-16,23H,3,6,9,12,14H2,1-2H3,(H,27,33)/t23-/m0/s1. The normalized spacial score (nSPS) is 15.6. The van der Waals surface area contributed by atoms with Gasteiger partial charge in [-0.3, -0.25) is 4.79 Å². The smallest absolute Gasteiger partial charge is 0.243 e. The van der Waals surface area contributed by atoms with E-state index >= 15 is 0 Å². The second kappa shape index (κ2) is 9.46. The molecule has 2 aromatic carbocycles. The summed E-state index contributed by atoms with van der Waals surface area (Å²) >= 11 is 0. The Kier molecular flexibility index (Phi) is 6.07. The summed E-state index contributed by atoms with van der Waals surface area (Å²) < 4.78 is 7.32. The Morgan fingerprint density at radius 3 is 2.91 bits per heavy atom.